The van der Waals surface area contributed by atoms with Crippen molar-refractivity contribution in [1.82, 2.24) is 20.2 Å². The number of nitrogens with zero attached hydrogens (tertiary/aromatic N) is 2. The van der Waals surface area contributed by atoms with Crippen molar-refractivity contribution in [3.8, 4) is 5.75 Å². The van der Waals surface area contributed by atoms with E-state index in [0.717, 1.165) is 37.1 Å². The molecule has 138 valence electrons. The molecule has 6 heteroatoms. The molecule has 3 atom stereocenters. The molecule has 1 aromatic heterocycles. The van der Waals surface area contributed by atoms with Crippen LogP contribution in [-0.2, 0) is 24.7 Å². The number of nitrogens with one attached hydrogen (secondary N) is 2. The smallest absolute Gasteiger partial charge is 0.220 e. The summed E-state index contributed by atoms with van der Waals surface area (Å²) in [6.45, 7) is 0. The Balaban J connectivity index is 1.51. The average molecular weight is 354 g/mol. The van der Waals surface area contributed by atoms with Crippen LogP contribution < -0.4 is 15.4 Å². The zero-order valence-electron chi connectivity index (χ0n) is 15.4. The van der Waals surface area contributed by atoms with Gasteiger partial charge in [-0.2, -0.15) is 0 Å². The predicted octanol–water partition coefficient (Wildman–Crippen LogP) is 1.90. The summed E-state index contributed by atoms with van der Waals surface area (Å²) < 4.78 is 7.50. The SMILES string of the molecule is COc1cccc2c1CC[C@H](N[C@@H]1CCC(=O)N[C@H]1c1cncn1C)C2. The zero-order chi connectivity index (χ0) is 18.1. The monoisotopic (exact) mass is 354 g/mol. The highest BCUT2D eigenvalue weighted by molar-refractivity contribution is 5.77. The molecule has 0 bridgehead atoms. The molecule has 26 heavy (non-hydrogen) atoms. The molecule has 0 unspecified atom stereocenters. The highest BCUT2D eigenvalue weighted by Gasteiger charge is 2.33. The maximum absolute atomic E-state index is 12.0. The Labute approximate surface area is 154 Å². The summed E-state index contributed by atoms with van der Waals surface area (Å²) >= 11 is 0. The second-order valence-corrected chi connectivity index (χ2v) is 7.32. The molecule has 0 saturated carbocycles. The summed E-state index contributed by atoms with van der Waals surface area (Å²) in [5.74, 6) is 1.12. The summed E-state index contributed by atoms with van der Waals surface area (Å²) in [5.41, 5.74) is 3.76. The normalized spacial score (nSPS) is 25.5. The third kappa shape index (κ3) is 3.21. The number of benzene rings is 1. The number of carbonyl (C=O) groups excluding carboxylic acids is 1. The Morgan fingerprint density at radius 3 is 2.96 bits per heavy atom. The second-order valence-electron chi connectivity index (χ2n) is 7.32. The first-order valence-electron chi connectivity index (χ1n) is 9.32. The van der Waals surface area contributed by atoms with E-state index in [2.05, 4.69) is 27.8 Å². The molecule has 2 aromatic rings. The van der Waals surface area contributed by atoms with E-state index in [1.807, 2.05) is 23.9 Å². The van der Waals surface area contributed by atoms with E-state index in [1.54, 1.807) is 13.4 Å². The highest BCUT2D eigenvalue weighted by Crippen LogP contribution is 2.31. The number of rotatable bonds is 4. The topological polar surface area (TPSA) is 68.2 Å². The molecule has 1 aromatic carbocycles. The number of amides is 1. The number of imidazole rings is 1. The fourth-order valence-corrected chi connectivity index (χ4v) is 4.33. The maximum atomic E-state index is 12.0. The van der Waals surface area contributed by atoms with Crippen LogP contribution in [0.5, 0.6) is 5.75 Å². The Morgan fingerprint density at radius 2 is 2.19 bits per heavy atom. The minimum Gasteiger partial charge on any atom is -0.496 e. The van der Waals surface area contributed by atoms with E-state index < -0.39 is 0 Å². The number of aryl methyl sites for hydroxylation is 1. The molecule has 4 rings (SSSR count). The van der Waals surface area contributed by atoms with Crippen LogP contribution in [-0.4, -0.2) is 34.7 Å². The molecule has 2 aliphatic rings. The van der Waals surface area contributed by atoms with Crippen LogP contribution in [0.25, 0.3) is 0 Å². The molecule has 1 aliphatic heterocycles. The van der Waals surface area contributed by atoms with Crippen molar-refractivity contribution >= 4 is 5.91 Å². The van der Waals surface area contributed by atoms with Gasteiger partial charge in [-0.25, -0.2) is 4.98 Å². The second kappa shape index (κ2) is 7.11. The van der Waals surface area contributed by atoms with E-state index in [9.17, 15) is 4.79 Å². The molecule has 6 nitrogen and oxygen atoms in total. The summed E-state index contributed by atoms with van der Waals surface area (Å²) in [4.78, 5) is 16.2. The van der Waals surface area contributed by atoms with Crippen molar-refractivity contribution in [1.29, 1.82) is 0 Å². The fourth-order valence-electron chi connectivity index (χ4n) is 4.33. The minimum absolute atomic E-state index is 0.0320. The van der Waals surface area contributed by atoms with Gasteiger partial charge in [-0.1, -0.05) is 12.1 Å². The van der Waals surface area contributed by atoms with Gasteiger partial charge in [-0.3, -0.25) is 4.79 Å². The number of carbonyl (C=O) groups is 1. The fraction of sp³-hybridized carbons (Fsp3) is 0.500. The lowest BCUT2D eigenvalue weighted by molar-refractivity contribution is -0.124. The van der Waals surface area contributed by atoms with Crippen molar-refractivity contribution in [3.63, 3.8) is 0 Å². The van der Waals surface area contributed by atoms with Crippen molar-refractivity contribution in [2.75, 3.05) is 7.11 Å². The van der Waals surface area contributed by atoms with E-state index >= 15 is 0 Å². The number of hydrogen-bond acceptors (Lipinski definition) is 4. The Hall–Kier alpha value is -2.34. The lowest BCUT2D eigenvalue weighted by atomic mass is 9.86. The zero-order valence-corrected chi connectivity index (χ0v) is 15.4. The molecule has 0 radical (unpaired) electrons. The number of fused-ring (bicyclic) bond motifs is 1. The van der Waals surface area contributed by atoms with Gasteiger partial charge in [0.05, 0.1) is 31.4 Å². The van der Waals surface area contributed by atoms with Crippen LogP contribution in [0.1, 0.15) is 42.1 Å². The lowest BCUT2D eigenvalue weighted by Crippen LogP contribution is -2.52. The lowest BCUT2D eigenvalue weighted by Gasteiger charge is -2.37. The summed E-state index contributed by atoms with van der Waals surface area (Å²) in [6, 6.07) is 6.91. The van der Waals surface area contributed by atoms with Crippen molar-refractivity contribution in [2.24, 2.45) is 7.05 Å². The van der Waals surface area contributed by atoms with Gasteiger partial charge in [-0.15, -0.1) is 0 Å². The number of aromatic nitrogens is 2. The molecule has 1 saturated heterocycles. The molecule has 0 spiro atoms. The van der Waals surface area contributed by atoms with Gasteiger partial charge in [0, 0.05) is 25.6 Å². The van der Waals surface area contributed by atoms with Gasteiger partial charge < -0.3 is 19.9 Å². The Morgan fingerprint density at radius 1 is 1.31 bits per heavy atom. The van der Waals surface area contributed by atoms with Gasteiger partial charge in [0.2, 0.25) is 5.91 Å². The van der Waals surface area contributed by atoms with Gasteiger partial charge in [-0.05, 0) is 42.9 Å². The van der Waals surface area contributed by atoms with Gasteiger partial charge >= 0.3 is 0 Å². The minimum atomic E-state index is -0.0320. The number of methoxy groups -OCH3 is 1. The van der Waals surface area contributed by atoms with E-state index in [0.29, 0.717) is 12.5 Å². The molecule has 1 amide bonds. The summed E-state index contributed by atoms with van der Waals surface area (Å²) in [5, 5.41) is 6.98. The standard InChI is InChI=1S/C20H26N4O2/c1-24-12-21-11-17(24)20-16(8-9-19(25)23-20)22-14-6-7-15-13(10-14)4-3-5-18(15)26-2/h3-5,11-12,14,16,20,22H,6-10H2,1-2H3,(H,23,25)/t14-,16+,20+/m0/s1. The van der Waals surface area contributed by atoms with Gasteiger partial charge in [0.1, 0.15) is 5.75 Å². The largest absolute Gasteiger partial charge is 0.496 e. The third-order valence-electron chi connectivity index (χ3n) is 5.68. The maximum Gasteiger partial charge on any atom is 0.220 e. The van der Waals surface area contributed by atoms with Gasteiger partial charge in [0.15, 0.2) is 0 Å². The van der Waals surface area contributed by atoms with Crippen LogP contribution in [0.4, 0.5) is 0 Å². The quantitative estimate of drug-likeness (QED) is 0.880. The molecule has 1 aliphatic carbocycles. The Bertz CT molecular complexity index is 801. The summed E-state index contributed by atoms with van der Waals surface area (Å²) in [7, 11) is 3.71. The highest BCUT2D eigenvalue weighted by atomic mass is 16.5. The van der Waals surface area contributed by atoms with Crippen molar-refractivity contribution in [3.05, 3.63) is 47.5 Å². The summed E-state index contributed by atoms with van der Waals surface area (Å²) in [6.07, 6.45) is 8.16. The molecule has 1 fully saturated rings. The van der Waals surface area contributed by atoms with Crippen molar-refractivity contribution in [2.45, 2.75) is 50.2 Å². The Kier molecular flexibility index (Phi) is 4.68. The molecule has 2 N–H and O–H groups in total. The number of piperidine rings is 1. The van der Waals surface area contributed by atoms with Gasteiger partial charge in [0.25, 0.3) is 0 Å². The molecular formula is C20H26N4O2. The molecule has 2 heterocycles. The third-order valence-corrected chi connectivity index (χ3v) is 5.68. The van der Waals surface area contributed by atoms with Crippen LogP contribution in [0.2, 0.25) is 0 Å². The van der Waals surface area contributed by atoms with E-state index in [-0.39, 0.29) is 18.0 Å². The van der Waals surface area contributed by atoms with E-state index in [4.69, 9.17) is 4.74 Å². The van der Waals surface area contributed by atoms with Crippen LogP contribution in [0, 0.1) is 0 Å². The number of hydrogen-bond donors (Lipinski definition) is 2. The first-order chi connectivity index (χ1) is 12.7. The average Bonchev–Trinajstić information content (AvgIpc) is 3.08. The van der Waals surface area contributed by atoms with Crippen molar-refractivity contribution < 1.29 is 9.53 Å². The van der Waals surface area contributed by atoms with Crippen LogP contribution in [0.3, 0.4) is 0 Å². The molecular weight excluding hydrogens is 328 g/mol. The van der Waals surface area contributed by atoms with E-state index in [1.165, 1.54) is 11.1 Å². The predicted molar refractivity (Wildman–Crippen MR) is 99.1 cm³/mol. The first-order valence-corrected chi connectivity index (χ1v) is 9.32. The van der Waals surface area contributed by atoms with Crippen LogP contribution in [0.15, 0.2) is 30.7 Å². The first kappa shape index (κ1) is 17.1. The van der Waals surface area contributed by atoms with Crippen LogP contribution >= 0.6 is 0 Å². The number of ether oxygens (including phenoxy) is 1.